The SMILES string of the molecule is CC/C=C(/CN1CCN(C(C)=O)C[C@H](O)C1)c1ccccc1. The molecule has 1 N–H and O–H groups in total. The molecule has 2 rings (SSSR count). The molecule has 1 aliphatic heterocycles. The minimum atomic E-state index is -0.481. The maximum absolute atomic E-state index is 11.5. The normalized spacial score (nSPS) is 20.8. The minimum absolute atomic E-state index is 0.0354. The number of carbonyl (C=O) groups is 1. The van der Waals surface area contributed by atoms with Gasteiger partial charge >= 0.3 is 0 Å². The van der Waals surface area contributed by atoms with Gasteiger partial charge in [-0.2, -0.15) is 0 Å². The molecular weight excluding hydrogens is 276 g/mol. The lowest BCUT2D eigenvalue weighted by molar-refractivity contribution is -0.129. The number of aliphatic hydroxyl groups excluding tert-OH is 1. The van der Waals surface area contributed by atoms with Crippen molar-refractivity contribution in [2.75, 3.05) is 32.7 Å². The summed E-state index contributed by atoms with van der Waals surface area (Å²) in [5.41, 5.74) is 2.51. The fourth-order valence-electron chi connectivity index (χ4n) is 2.90. The number of nitrogens with zero attached hydrogens (tertiary/aromatic N) is 2. The lowest BCUT2D eigenvalue weighted by atomic mass is 10.0. The van der Waals surface area contributed by atoms with E-state index in [1.165, 1.54) is 11.1 Å². The van der Waals surface area contributed by atoms with E-state index in [0.29, 0.717) is 19.6 Å². The van der Waals surface area contributed by atoms with E-state index < -0.39 is 6.10 Å². The molecule has 4 heteroatoms. The summed E-state index contributed by atoms with van der Waals surface area (Å²) in [4.78, 5) is 15.5. The second-order valence-corrected chi connectivity index (χ2v) is 5.86. The number of hydrogen-bond donors (Lipinski definition) is 1. The minimum Gasteiger partial charge on any atom is -0.390 e. The van der Waals surface area contributed by atoms with Crippen LogP contribution in [0.2, 0.25) is 0 Å². The molecule has 0 spiro atoms. The van der Waals surface area contributed by atoms with E-state index in [1.807, 2.05) is 18.2 Å². The molecule has 1 saturated heterocycles. The van der Waals surface area contributed by atoms with Crippen molar-refractivity contribution < 1.29 is 9.90 Å². The Balaban J connectivity index is 2.07. The molecule has 120 valence electrons. The number of rotatable bonds is 4. The monoisotopic (exact) mass is 302 g/mol. The summed E-state index contributed by atoms with van der Waals surface area (Å²) >= 11 is 0. The molecule has 0 radical (unpaired) electrons. The Morgan fingerprint density at radius 2 is 2.00 bits per heavy atom. The highest BCUT2D eigenvalue weighted by Crippen LogP contribution is 2.17. The van der Waals surface area contributed by atoms with Crippen molar-refractivity contribution >= 4 is 11.5 Å². The molecule has 0 aromatic heterocycles. The third-order valence-electron chi connectivity index (χ3n) is 4.02. The standard InChI is InChI=1S/C18H26N2O2/c1-3-7-17(16-8-5-4-6-9-16)12-19-10-11-20(15(2)21)14-18(22)13-19/h4-9,18,22H,3,10-14H2,1-2H3/b17-7-/t18-/m1/s1. The average molecular weight is 302 g/mol. The van der Waals surface area contributed by atoms with Gasteiger partial charge in [0.2, 0.25) is 5.91 Å². The Kier molecular flexibility index (Phi) is 6.16. The largest absolute Gasteiger partial charge is 0.390 e. The van der Waals surface area contributed by atoms with E-state index >= 15 is 0 Å². The van der Waals surface area contributed by atoms with Crippen LogP contribution in [0, 0.1) is 0 Å². The van der Waals surface area contributed by atoms with Crippen LogP contribution in [0.15, 0.2) is 36.4 Å². The third-order valence-corrected chi connectivity index (χ3v) is 4.02. The van der Waals surface area contributed by atoms with Gasteiger partial charge in [0.05, 0.1) is 6.10 Å². The van der Waals surface area contributed by atoms with Crippen molar-refractivity contribution in [3.8, 4) is 0 Å². The fourth-order valence-corrected chi connectivity index (χ4v) is 2.90. The van der Waals surface area contributed by atoms with Gasteiger partial charge in [0, 0.05) is 39.6 Å². The Labute approximate surface area is 133 Å². The van der Waals surface area contributed by atoms with Crippen molar-refractivity contribution in [1.29, 1.82) is 0 Å². The third kappa shape index (κ3) is 4.68. The average Bonchev–Trinajstić information content (AvgIpc) is 2.69. The van der Waals surface area contributed by atoms with Crippen molar-refractivity contribution in [2.24, 2.45) is 0 Å². The van der Waals surface area contributed by atoms with Crippen LogP contribution in [-0.4, -0.2) is 59.6 Å². The topological polar surface area (TPSA) is 43.8 Å². The number of benzene rings is 1. The zero-order valence-electron chi connectivity index (χ0n) is 13.5. The molecule has 22 heavy (non-hydrogen) atoms. The van der Waals surface area contributed by atoms with Crippen LogP contribution in [-0.2, 0) is 4.79 Å². The van der Waals surface area contributed by atoms with Crippen LogP contribution >= 0.6 is 0 Å². The molecule has 0 unspecified atom stereocenters. The molecule has 0 aliphatic carbocycles. The van der Waals surface area contributed by atoms with Gasteiger partial charge in [-0.1, -0.05) is 43.3 Å². The van der Waals surface area contributed by atoms with Gasteiger partial charge in [-0.3, -0.25) is 9.69 Å². The van der Waals surface area contributed by atoms with E-state index in [1.54, 1.807) is 11.8 Å². The molecular formula is C18H26N2O2. The van der Waals surface area contributed by atoms with E-state index in [0.717, 1.165) is 19.5 Å². The van der Waals surface area contributed by atoms with E-state index in [-0.39, 0.29) is 5.91 Å². The maximum atomic E-state index is 11.5. The molecule has 1 fully saturated rings. The first-order valence-corrected chi connectivity index (χ1v) is 8.00. The van der Waals surface area contributed by atoms with Crippen molar-refractivity contribution in [3.63, 3.8) is 0 Å². The van der Waals surface area contributed by atoms with E-state index in [2.05, 4.69) is 30.0 Å². The summed E-state index contributed by atoms with van der Waals surface area (Å²) < 4.78 is 0. The quantitative estimate of drug-likeness (QED) is 0.925. The second-order valence-electron chi connectivity index (χ2n) is 5.86. The van der Waals surface area contributed by atoms with E-state index in [4.69, 9.17) is 0 Å². The van der Waals surface area contributed by atoms with Gasteiger partial charge < -0.3 is 10.0 Å². The van der Waals surface area contributed by atoms with Gasteiger partial charge in [-0.15, -0.1) is 0 Å². The van der Waals surface area contributed by atoms with Crippen molar-refractivity contribution in [2.45, 2.75) is 26.4 Å². The van der Waals surface area contributed by atoms with Gasteiger partial charge in [-0.05, 0) is 17.6 Å². The molecule has 4 nitrogen and oxygen atoms in total. The molecule has 1 atom stereocenters. The van der Waals surface area contributed by atoms with Gasteiger partial charge in [-0.25, -0.2) is 0 Å². The molecule has 1 aromatic rings. The first-order chi connectivity index (χ1) is 10.6. The zero-order valence-corrected chi connectivity index (χ0v) is 13.5. The number of aliphatic hydroxyl groups is 1. The molecule has 1 aliphatic rings. The Hall–Kier alpha value is -1.65. The number of hydrogen-bond acceptors (Lipinski definition) is 3. The van der Waals surface area contributed by atoms with Gasteiger partial charge in [0.25, 0.3) is 0 Å². The van der Waals surface area contributed by atoms with Crippen LogP contribution in [0.5, 0.6) is 0 Å². The summed E-state index contributed by atoms with van der Waals surface area (Å²) in [5, 5.41) is 10.1. The molecule has 1 heterocycles. The Morgan fingerprint density at radius 3 is 2.64 bits per heavy atom. The van der Waals surface area contributed by atoms with Crippen LogP contribution in [0.25, 0.3) is 5.57 Å². The zero-order chi connectivity index (χ0) is 15.9. The highest BCUT2D eigenvalue weighted by molar-refractivity contribution is 5.73. The predicted molar refractivity (Wildman–Crippen MR) is 89.4 cm³/mol. The van der Waals surface area contributed by atoms with Gasteiger partial charge in [0.1, 0.15) is 0 Å². The maximum Gasteiger partial charge on any atom is 0.219 e. The second kappa shape index (κ2) is 8.11. The predicted octanol–water partition coefficient (Wildman–Crippen LogP) is 2.00. The summed E-state index contributed by atoms with van der Waals surface area (Å²) in [6.07, 6.45) is 2.75. The lowest BCUT2D eigenvalue weighted by Crippen LogP contribution is -2.36. The van der Waals surface area contributed by atoms with Crippen LogP contribution in [0.1, 0.15) is 25.8 Å². The number of allylic oxidation sites excluding steroid dienone is 1. The summed E-state index contributed by atoms with van der Waals surface area (Å²) in [6, 6.07) is 10.4. The summed E-state index contributed by atoms with van der Waals surface area (Å²) in [6.45, 7) is 7.03. The molecule has 0 saturated carbocycles. The van der Waals surface area contributed by atoms with Crippen LogP contribution in [0.3, 0.4) is 0 Å². The molecule has 1 aromatic carbocycles. The highest BCUT2D eigenvalue weighted by Gasteiger charge is 2.23. The van der Waals surface area contributed by atoms with Crippen molar-refractivity contribution in [3.05, 3.63) is 42.0 Å². The first kappa shape index (κ1) is 16.7. The first-order valence-electron chi connectivity index (χ1n) is 8.00. The van der Waals surface area contributed by atoms with Gasteiger partial charge in [0.15, 0.2) is 0 Å². The Bertz CT molecular complexity index is 513. The number of amides is 1. The highest BCUT2D eigenvalue weighted by atomic mass is 16.3. The summed E-state index contributed by atoms with van der Waals surface area (Å²) in [5.74, 6) is 0.0354. The van der Waals surface area contributed by atoms with Crippen LogP contribution in [0.4, 0.5) is 0 Å². The number of carbonyl (C=O) groups excluding carboxylic acids is 1. The fraction of sp³-hybridized carbons (Fsp3) is 0.500. The Morgan fingerprint density at radius 1 is 1.27 bits per heavy atom. The van der Waals surface area contributed by atoms with Crippen molar-refractivity contribution in [1.82, 2.24) is 9.80 Å². The summed E-state index contributed by atoms with van der Waals surface area (Å²) in [7, 11) is 0. The lowest BCUT2D eigenvalue weighted by Gasteiger charge is -2.23. The number of β-amino-alcohol motifs (C(OH)–C–C–N with tert-alkyl or cyclic N) is 1. The molecule has 0 bridgehead atoms. The van der Waals surface area contributed by atoms with Crippen LogP contribution < -0.4 is 0 Å². The van der Waals surface area contributed by atoms with E-state index in [9.17, 15) is 9.90 Å². The smallest absolute Gasteiger partial charge is 0.219 e. The molecule has 1 amide bonds.